The van der Waals surface area contributed by atoms with E-state index in [-0.39, 0.29) is 11.4 Å². The summed E-state index contributed by atoms with van der Waals surface area (Å²) in [7, 11) is 0. The molecule has 0 aromatic carbocycles. The first-order valence-electron chi connectivity index (χ1n) is 6.46. The third kappa shape index (κ3) is 3.18. The predicted molar refractivity (Wildman–Crippen MR) is 74.8 cm³/mol. The molecular weight excluding hydrogens is 232 g/mol. The van der Waals surface area contributed by atoms with Gasteiger partial charge in [0.15, 0.2) is 0 Å². The van der Waals surface area contributed by atoms with E-state index >= 15 is 0 Å². The van der Waals surface area contributed by atoms with Gasteiger partial charge in [0.2, 0.25) is 5.91 Å². The number of nitrogens with one attached hydrogen (secondary N) is 1. The summed E-state index contributed by atoms with van der Waals surface area (Å²) in [5, 5.41) is 3.09. The minimum Gasteiger partial charge on any atom is -0.392 e. The third-order valence-electron chi connectivity index (χ3n) is 3.95. The molecule has 1 aliphatic rings. The van der Waals surface area contributed by atoms with Crippen LogP contribution in [0.15, 0.2) is 0 Å². The van der Waals surface area contributed by atoms with Crippen molar-refractivity contribution in [2.75, 3.05) is 0 Å². The highest BCUT2D eigenvalue weighted by Gasteiger charge is 2.43. The maximum absolute atomic E-state index is 12.5. The van der Waals surface area contributed by atoms with Crippen molar-refractivity contribution in [2.24, 2.45) is 11.1 Å². The van der Waals surface area contributed by atoms with Crippen LogP contribution < -0.4 is 11.1 Å². The first-order chi connectivity index (χ1) is 7.84. The van der Waals surface area contributed by atoms with Crippen LogP contribution in [-0.4, -0.2) is 16.4 Å². The Morgan fingerprint density at radius 3 is 2.29 bits per heavy atom. The lowest BCUT2D eigenvalue weighted by atomic mass is 9.72. The van der Waals surface area contributed by atoms with Crippen LogP contribution in [0.2, 0.25) is 0 Å². The van der Waals surface area contributed by atoms with E-state index < -0.39 is 5.41 Å². The smallest absolute Gasteiger partial charge is 0.233 e. The van der Waals surface area contributed by atoms with Crippen molar-refractivity contribution >= 4 is 23.1 Å². The Morgan fingerprint density at radius 1 is 1.35 bits per heavy atom. The molecule has 0 aromatic heterocycles. The van der Waals surface area contributed by atoms with Crippen LogP contribution in [0.5, 0.6) is 0 Å². The lowest BCUT2D eigenvalue weighted by Crippen LogP contribution is -2.55. The highest BCUT2D eigenvalue weighted by molar-refractivity contribution is 7.80. The minimum atomic E-state index is -0.597. The fraction of sp³-hybridized carbons (Fsp3) is 0.846. The zero-order valence-corrected chi connectivity index (χ0v) is 12.0. The fourth-order valence-electron chi connectivity index (χ4n) is 2.26. The number of nitrogens with two attached hydrogens (primary N) is 1. The van der Waals surface area contributed by atoms with Gasteiger partial charge in [0, 0.05) is 5.54 Å². The number of carbonyl (C=O) groups is 1. The van der Waals surface area contributed by atoms with Crippen molar-refractivity contribution in [3.8, 4) is 0 Å². The van der Waals surface area contributed by atoms with Crippen molar-refractivity contribution in [2.45, 2.75) is 64.8 Å². The molecule has 17 heavy (non-hydrogen) atoms. The lowest BCUT2D eigenvalue weighted by Gasteiger charge is -2.38. The maximum atomic E-state index is 12.5. The van der Waals surface area contributed by atoms with Crippen LogP contribution in [0.1, 0.15) is 59.3 Å². The van der Waals surface area contributed by atoms with Crippen molar-refractivity contribution in [3.05, 3.63) is 0 Å². The van der Waals surface area contributed by atoms with Gasteiger partial charge in [-0.3, -0.25) is 4.79 Å². The van der Waals surface area contributed by atoms with Gasteiger partial charge in [-0.2, -0.15) is 0 Å². The molecule has 0 radical (unpaired) electrons. The quantitative estimate of drug-likeness (QED) is 0.760. The van der Waals surface area contributed by atoms with E-state index in [9.17, 15) is 4.79 Å². The third-order valence-corrected chi connectivity index (χ3v) is 4.34. The van der Waals surface area contributed by atoms with Crippen LogP contribution >= 0.6 is 12.2 Å². The average molecular weight is 256 g/mol. The van der Waals surface area contributed by atoms with Crippen LogP contribution in [-0.2, 0) is 4.79 Å². The number of carbonyl (C=O) groups excluding carboxylic acids is 1. The molecule has 0 saturated heterocycles. The fourth-order valence-corrected chi connectivity index (χ4v) is 2.55. The minimum absolute atomic E-state index is 0.0246. The van der Waals surface area contributed by atoms with Gasteiger partial charge in [0.05, 0.1) is 10.4 Å². The summed E-state index contributed by atoms with van der Waals surface area (Å²) >= 11 is 5.15. The van der Waals surface area contributed by atoms with Gasteiger partial charge in [0.1, 0.15) is 0 Å². The van der Waals surface area contributed by atoms with Crippen LogP contribution in [0, 0.1) is 5.41 Å². The van der Waals surface area contributed by atoms with Gasteiger partial charge >= 0.3 is 0 Å². The molecule has 3 nitrogen and oxygen atoms in total. The van der Waals surface area contributed by atoms with E-state index in [1.165, 1.54) is 6.42 Å². The van der Waals surface area contributed by atoms with Crippen LogP contribution in [0.4, 0.5) is 0 Å². The molecule has 1 fully saturated rings. The maximum Gasteiger partial charge on any atom is 0.233 e. The molecule has 1 amide bonds. The molecule has 0 bridgehead atoms. The molecule has 0 unspecified atom stereocenters. The summed E-state index contributed by atoms with van der Waals surface area (Å²) in [5.41, 5.74) is 5.05. The van der Waals surface area contributed by atoms with E-state index in [0.29, 0.717) is 4.99 Å². The summed E-state index contributed by atoms with van der Waals surface area (Å²) < 4.78 is 0. The van der Waals surface area contributed by atoms with E-state index in [4.69, 9.17) is 18.0 Å². The standard InChI is InChI=1S/C13H24N2OS/c1-4-12(2,3)15-11(16)13(10(14)17)8-6-5-7-9-13/h4-9H2,1-3H3,(H2,14,17)(H,15,16). The van der Waals surface area contributed by atoms with Crippen LogP contribution in [0.3, 0.4) is 0 Å². The average Bonchev–Trinajstić information content (AvgIpc) is 2.29. The Bertz CT molecular complexity index is 307. The van der Waals surface area contributed by atoms with Crippen molar-refractivity contribution < 1.29 is 4.79 Å². The van der Waals surface area contributed by atoms with Gasteiger partial charge in [-0.15, -0.1) is 0 Å². The largest absolute Gasteiger partial charge is 0.392 e. The first kappa shape index (κ1) is 14.4. The monoisotopic (exact) mass is 256 g/mol. The lowest BCUT2D eigenvalue weighted by molar-refractivity contribution is -0.130. The van der Waals surface area contributed by atoms with E-state index in [1.807, 2.05) is 13.8 Å². The first-order valence-corrected chi connectivity index (χ1v) is 6.87. The second-order valence-electron chi connectivity index (χ2n) is 5.70. The van der Waals surface area contributed by atoms with E-state index in [0.717, 1.165) is 32.1 Å². The molecule has 1 aliphatic carbocycles. The molecule has 0 atom stereocenters. The Hall–Kier alpha value is -0.640. The summed E-state index contributed by atoms with van der Waals surface area (Å²) in [5.74, 6) is 0.0246. The topological polar surface area (TPSA) is 55.1 Å². The van der Waals surface area contributed by atoms with Gasteiger partial charge < -0.3 is 11.1 Å². The van der Waals surface area contributed by atoms with E-state index in [1.54, 1.807) is 0 Å². The van der Waals surface area contributed by atoms with Crippen molar-refractivity contribution in [3.63, 3.8) is 0 Å². The van der Waals surface area contributed by atoms with Gasteiger partial charge in [-0.25, -0.2) is 0 Å². The zero-order valence-electron chi connectivity index (χ0n) is 11.1. The molecular formula is C13H24N2OS. The van der Waals surface area contributed by atoms with Gasteiger partial charge in [-0.05, 0) is 33.1 Å². The van der Waals surface area contributed by atoms with Crippen LogP contribution in [0.25, 0.3) is 0 Å². The predicted octanol–water partition coefficient (Wildman–Crippen LogP) is 2.53. The van der Waals surface area contributed by atoms with E-state index in [2.05, 4.69) is 12.2 Å². The Balaban J connectivity index is 2.84. The molecule has 0 spiro atoms. The molecule has 0 aromatic rings. The second-order valence-corrected chi connectivity index (χ2v) is 6.14. The Morgan fingerprint density at radius 2 is 1.88 bits per heavy atom. The molecule has 1 rings (SSSR count). The Kier molecular flexibility index (Phi) is 4.53. The number of rotatable bonds is 4. The number of thiocarbonyl (C=S) groups is 1. The summed E-state index contributed by atoms with van der Waals surface area (Å²) in [6.45, 7) is 6.12. The highest BCUT2D eigenvalue weighted by atomic mass is 32.1. The van der Waals surface area contributed by atoms with Gasteiger partial charge in [0.25, 0.3) is 0 Å². The molecule has 4 heteroatoms. The number of hydrogen-bond donors (Lipinski definition) is 2. The van der Waals surface area contributed by atoms with Crippen molar-refractivity contribution in [1.29, 1.82) is 0 Å². The molecule has 3 N–H and O–H groups in total. The summed E-state index contributed by atoms with van der Waals surface area (Å²) in [4.78, 5) is 12.8. The van der Waals surface area contributed by atoms with Gasteiger partial charge in [-0.1, -0.05) is 38.4 Å². The second kappa shape index (κ2) is 5.34. The highest BCUT2D eigenvalue weighted by Crippen LogP contribution is 2.37. The van der Waals surface area contributed by atoms with Crippen molar-refractivity contribution in [1.82, 2.24) is 5.32 Å². The SMILES string of the molecule is CCC(C)(C)NC(=O)C1(C(N)=S)CCCCC1. The zero-order chi connectivity index (χ0) is 13.1. The summed E-state index contributed by atoms with van der Waals surface area (Å²) in [6.07, 6.45) is 5.75. The molecule has 1 saturated carbocycles. The normalized spacial score (nSPS) is 19.7. The Labute approximate surface area is 110 Å². The molecule has 98 valence electrons. The number of amides is 1. The molecule has 0 heterocycles. The molecule has 0 aliphatic heterocycles. The summed E-state index contributed by atoms with van der Waals surface area (Å²) in [6, 6.07) is 0. The number of hydrogen-bond acceptors (Lipinski definition) is 2.